The van der Waals surface area contributed by atoms with Gasteiger partial charge < -0.3 is 9.64 Å². The molecule has 2 atom stereocenters. The van der Waals surface area contributed by atoms with Crippen molar-refractivity contribution in [3.8, 4) is 11.9 Å². The Morgan fingerprint density at radius 2 is 1.81 bits per heavy atom. The van der Waals surface area contributed by atoms with Gasteiger partial charge in [0, 0.05) is 30.1 Å². The first kappa shape index (κ1) is 22.1. The maximum atomic E-state index is 9.05. The molecule has 2 heterocycles. The van der Waals surface area contributed by atoms with Crippen LogP contribution in [-0.4, -0.2) is 47.1 Å². The van der Waals surface area contributed by atoms with E-state index in [4.69, 9.17) is 20.0 Å². The topological polar surface area (TPSA) is 65.3 Å². The Balaban J connectivity index is 1.61. The van der Waals surface area contributed by atoms with Crippen LogP contribution < -0.4 is 9.64 Å². The quantitative estimate of drug-likeness (QED) is 0.549. The van der Waals surface area contributed by atoms with E-state index in [1.54, 1.807) is 0 Å². The second-order valence-corrected chi connectivity index (χ2v) is 9.26. The van der Waals surface area contributed by atoms with Gasteiger partial charge in [-0.15, -0.1) is 0 Å². The number of piperazine rings is 1. The molecule has 2 aromatic carbocycles. The zero-order valence-electron chi connectivity index (χ0n) is 18.6. The maximum absolute atomic E-state index is 9.05. The van der Waals surface area contributed by atoms with Gasteiger partial charge in [0.05, 0.1) is 22.7 Å². The fourth-order valence-electron chi connectivity index (χ4n) is 3.69. The molecular formula is C25H27N5OS. The molecule has 3 aromatic rings. The molecular weight excluding hydrogens is 418 g/mol. The second-order valence-electron chi connectivity index (χ2n) is 8.14. The number of benzene rings is 2. The van der Waals surface area contributed by atoms with Gasteiger partial charge in [0.1, 0.15) is 6.61 Å². The van der Waals surface area contributed by atoms with Crippen LogP contribution in [0.25, 0.3) is 0 Å². The van der Waals surface area contributed by atoms with Crippen molar-refractivity contribution in [1.82, 2.24) is 14.9 Å². The summed E-state index contributed by atoms with van der Waals surface area (Å²) in [4.78, 5) is 16.0. The third kappa shape index (κ3) is 5.21. The van der Waals surface area contributed by atoms with Crippen molar-refractivity contribution in [1.29, 1.82) is 5.26 Å². The number of ether oxygens (including phenoxy) is 1. The van der Waals surface area contributed by atoms with Crippen molar-refractivity contribution in [3.63, 3.8) is 0 Å². The van der Waals surface area contributed by atoms with Crippen molar-refractivity contribution in [2.75, 3.05) is 25.0 Å². The lowest BCUT2D eigenvalue weighted by atomic mass is 10.1. The van der Waals surface area contributed by atoms with Crippen molar-refractivity contribution >= 4 is 17.7 Å². The van der Waals surface area contributed by atoms with Gasteiger partial charge >= 0.3 is 0 Å². The Morgan fingerprint density at radius 3 is 2.53 bits per heavy atom. The average molecular weight is 446 g/mol. The Bertz CT molecular complexity index is 1080. The molecule has 1 saturated heterocycles. The second kappa shape index (κ2) is 10.0. The molecule has 0 bridgehead atoms. The normalized spacial score (nSPS) is 18.9. The minimum absolute atomic E-state index is 0.315. The monoisotopic (exact) mass is 445 g/mol. The lowest BCUT2D eigenvalue weighted by molar-refractivity contribution is 0.203. The Labute approximate surface area is 193 Å². The van der Waals surface area contributed by atoms with Crippen LogP contribution in [0.5, 0.6) is 5.88 Å². The predicted octanol–water partition coefficient (Wildman–Crippen LogP) is 4.61. The third-order valence-electron chi connectivity index (χ3n) is 5.69. The van der Waals surface area contributed by atoms with Gasteiger partial charge in [-0.2, -0.15) is 10.2 Å². The highest BCUT2D eigenvalue weighted by Crippen LogP contribution is 2.35. The van der Waals surface area contributed by atoms with E-state index in [0.717, 1.165) is 28.4 Å². The summed E-state index contributed by atoms with van der Waals surface area (Å²) in [5.74, 6) is 1.27. The van der Waals surface area contributed by atoms with E-state index in [0.29, 0.717) is 36.1 Å². The van der Waals surface area contributed by atoms with E-state index in [2.05, 4.69) is 36.8 Å². The van der Waals surface area contributed by atoms with E-state index in [-0.39, 0.29) is 0 Å². The van der Waals surface area contributed by atoms with Crippen LogP contribution in [0.1, 0.15) is 25.0 Å². The summed E-state index contributed by atoms with van der Waals surface area (Å²) in [5, 5.41) is 9.05. The molecule has 1 aromatic heterocycles. The Kier molecular flexibility index (Phi) is 6.93. The van der Waals surface area contributed by atoms with Crippen LogP contribution in [0.15, 0.2) is 70.6 Å². The number of aromatic nitrogens is 2. The summed E-state index contributed by atoms with van der Waals surface area (Å²) < 4.78 is 6.19. The lowest BCUT2D eigenvalue weighted by Crippen LogP contribution is -2.55. The molecule has 2 unspecified atom stereocenters. The maximum Gasteiger partial charge on any atom is 0.232 e. The zero-order chi connectivity index (χ0) is 22.5. The van der Waals surface area contributed by atoms with Gasteiger partial charge in [-0.3, -0.25) is 4.90 Å². The molecule has 0 radical (unpaired) electrons. The number of hydrogen-bond acceptors (Lipinski definition) is 7. The standard InChI is InChI=1S/C25H27N5OS/c1-18-16-30(19(2)15-29(18)3)25-27-14-23(32-22-11-9-20(13-26)10-12-22)24(28-25)31-17-21-7-5-4-6-8-21/h4-12,14,18-19H,15-17H2,1-3H3. The van der Waals surface area contributed by atoms with Gasteiger partial charge in [-0.25, -0.2) is 4.98 Å². The molecule has 7 heteroatoms. The Morgan fingerprint density at radius 1 is 1.06 bits per heavy atom. The molecule has 6 nitrogen and oxygen atoms in total. The van der Waals surface area contributed by atoms with E-state index < -0.39 is 0 Å². The smallest absolute Gasteiger partial charge is 0.232 e. The third-order valence-corrected chi connectivity index (χ3v) is 6.70. The molecule has 4 rings (SSSR count). The van der Waals surface area contributed by atoms with Crippen molar-refractivity contribution in [3.05, 3.63) is 71.9 Å². The molecule has 0 aliphatic carbocycles. The van der Waals surface area contributed by atoms with Gasteiger partial charge in [0.2, 0.25) is 11.8 Å². The number of hydrogen-bond donors (Lipinski definition) is 0. The highest BCUT2D eigenvalue weighted by Gasteiger charge is 2.29. The van der Waals surface area contributed by atoms with Crippen LogP contribution in [0.2, 0.25) is 0 Å². The van der Waals surface area contributed by atoms with E-state index in [1.165, 1.54) is 11.8 Å². The molecule has 0 amide bonds. The fourth-order valence-corrected chi connectivity index (χ4v) is 4.51. The first-order chi connectivity index (χ1) is 15.5. The van der Waals surface area contributed by atoms with Crippen LogP contribution in [0.4, 0.5) is 5.95 Å². The minimum atomic E-state index is 0.315. The molecule has 1 fully saturated rings. The first-order valence-electron chi connectivity index (χ1n) is 10.7. The van der Waals surface area contributed by atoms with Crippen molar-refractivity contribution in [2.45, 2.75) is 42.3 Å². The SMILES string of the molecule is CC1CN(c2ncc(Sc3ccc(C#N)cc3)c(OCc3ccccc3)n2)C(C)CN1C. The van der Waals surface area contributed by atoms with Gasteiger partial charge in [-0.1, -0.05) is 42.1 Å². The predicted molar refractivity (Wildman–Crippen MR) is 127 cm³/mol. The summed E-state index contributed by atoms with van der Waals surface area (Å²) in [6, 6.07) is 20.5. The van der Waals surface area contributed by atoms with Gasteiger partial charge in [-0.05, 0) is 50.7 Å². The Hall–Kier alpha value is -3.08. The number of nitriles is 1. The first-order valence-corrected chi connectivity index (χ1v) is 11.5. The molecule has 0 spiro atoms. The van der Waals surface area contributed by atoms with Gasteiger partial charge in [0.25, 0.3) is 0 Å². The highest BCUT2D eigenvalue weighted by molar-refractivity contribution is 7.99. The fraction of sp³-hybridized carbons (Fsp3) is 0.320. The lowest BCUT2D eigenvalue weighted by Gasteiger charge is -2.42. The number of anilines is 1. The van der Waals surface area contributed by atoms with Crippen molar-refractivity contribution in [2.24, 2.45) is 0 Å². The van der Waals surface area contributed by atoms with Crippen LogP contribution in [-0.2, 0) is 6.61 Å². The number of likely N-dealkylation sites (N-methyl/N-ethyl adjacent to an activating group) is 1. The van der Waals surface area contributed by atoms with E-state index in [1.807, 2.05) is 60.8 Å². The number of nitrogens with zero attached hydrogens (tertiary/aromatic N) is 5. The minimum Gasteiger partial charge on any atom is -0.472 e. The van der Waals surface area contributed by atoms with Gasteiger partial charge in [0.15, 0.2) is 0 Å². The molecule has 0 N–H and O–H groups in total. The van der Waals surface area contributed by atoms with E-state index in [9.17, 15) is 0 Å². The highest BCUT2D eigenvalue weighted by atomic mass is 32.2. The zero-order valence-corrected chi connectivity index (χ0v) is 19.4. The van der Waals surface area contributed by atoms with Crippen LogP contribution in [0, 0.1) is 11.3 Å². The van der Waals surface area contributed by atoms with Crippen LogP contribution in [0.3, 0.4) is 0 Å². The molecule has 164 valence electrons. The largest absolute Gasteiger partial charge is 0.472 e. The molecule has 1 aliphatic heterocycles. The molecule has 1 aliphatic rings. The van der Waals surface area contributed by atoms with E-state index >= 15 is 0 Å². The summed E-state index contributed by atoms with van der Waals surface area (Å²) in [6.07, 6.45) is 1.85. The summed E-state index contributed by atoms with van der Waals surface area (Å²) in [7, 11) is 2.16. The van der Waals surface area contributed by atoms with Crippen molar-refractivity contribution < 1.29 is 4.74 Å². The molecule has 32 heavy (non-hydrogen) atoms. The summed E-state index contributed by atoms with van der Waals surface area (Å²) in [6.45, 7) is 6.70. The van der Waals surface area contributed by atoms with Crippen LogP contribution >= 0.6 is 11.8 Å². The summed E-state index contributed by atoms with van der Waals surface area (Å²) >= 11 is 1.54. The molecule has 0 saturated carbocycles. The number of rotatable bonds is 6. The summed E-state index contributed by atoms with van der Waals surface area (Å²) in [5.41, 5.74) is 1.73. The average Bonchev–Trinajstić information content (AvgIpc) is 2.82.